The molecule has 3 heteroatoms. The van der Waals surface area contributed by atoms with Gasteiger partial charge in [0.05, 0.1) is 4.99 Å². The summed E-state index contributed by atoms with van der Waals surface area (Å²) in [5.41, 5.74) is 8.71. The lowest BCUT2D eigenvalue weighted by Gasteiger charge is -2.29. The van der Waals surface area contributed by atoms with Gasteiger partial charge >= 0.3 is 0 Å². The lowest BCUT2D eigenvalue weighted by atomic mass is 10.0. The molecular formula is C15H22N2S. The molecule has 1 heterocycles. The van der Waals surface area contributed by atoms with E-state index in [2.05, 4.69) is 36.1 Å². The van der Waals surface area contributed by atoms with E-state index < -0.39 is 0 Å². The molecule has 0 saturated carbocycles. The third-order valence-electron chi connectivity index (χ3n) is 3.88. The van der Waals surface area contributed by atoms with Crippen molar-refractivity contribution < 1.29 is 0 Å². The fraction of sp³-hybridized carbons (Fsp3) is 0.533. The summed E-state index contributed by atoms with van der Waals surface area (Å²) in [5, 5.41) is 0. The lowest BCUT2D eigenvalue weighted by Crippen LogP contribution is -2.39. The van der Waals surface area contributed by atoms with Crippen LogP contribution in [0.2, 0.25) is 0 Å². The van der Waals surface area contributed by atoms with Crippen LogP contribution in [-0.2, 0) is 12.8 Å². The topological polar surface area (TPSA) is 29.3 Å². The molecule has 18 heavy (non-hydrogen) atoms. The van der Waals surface area contributed by atoms with Crippen LogP contribution >= 0.6 is 12.2 Å². The van der Waals surface area contributed by atoms with Gasteiger partial charge in [-0.05, 0) is 30.4 Å². The van der Waals surface area contributed by atoms with Crippen LogP contribution in [0.25, 0.3) is 0 Å². The first-order valence-electron chi connectivity index (χ1n) is 6.80. The van der Waals surface area contributed by atoms with Crippen molar-refractivity contribution in [3.8, 4) is 0 Å². The molecule has 1 aromatic rings. The Kier molecular flexibility index (Phi) is 4.72. The van der Waals surface area contributed by atoms with Crippen molar-refractivity contribution in [1.29, 1.82) is 0 Å². The quantitative estimate of drug-likeness (QED) is 0.846. The number of nitrogens with two attached hydrogens (primary N) is 1. The number of hydrogen-bond donors (Lipinski definition) is 1. The Balaban J connectivity index is 2.04. The van der Waals surface area contributed by atoms with E-state index in [1.807, 2.05) is 0 Å². The molecule has 2 N–H and O–H groups in total. The van der Waals surface area contributed by atoms with Crippen LogP contribution in [0.15, 0.2) is 24.3 Å². The molecule has 2 nitrogen and oxygen atoms in total. The maximum absolute atomic E-state index is 5.70. The third-order valence-corrected chi connectivity index (χ3v) is 4.05. The van der Waals surface area contributed by atoms with Crippen molar-refractivity contribution in [3.63, 3.8) is 0 Å². The van der Waals surface area contributed by atoms with Crippen LogP contribution in [0.4, 0.5) is 0 Å². The highest BCUT2D eigenvalue weighted by molar-refractivity contribution is 7.80. The first-order chi connectivity index (χ1) is 8.70. The van der Waals surface area contributed by atoms with Crippen LogP contribution in [-0.4, -0.2) is 29.0 Å². The Labute approximate surface area is 115 Å². The van der Waals surface area contributed by atoms with E-state index in [1.165, 1.54) is 11.1 Å². The molecule has 1 aliphatic rings. The summed E-state index contributed by atoms with van der Waals surface area (Å²) >= 11 is 5.06. The number of thiocarbonyl (C=S) groups is 1. The van der Waals surface area contributed by atoms with Crippen LogP contribution in [0.3, 0.4) is 0 Å². The highest BCUT2D eigenvalue weighted by Gasteiger charge is 2.20. The molecule has 0 bridgehead atoms. The molecule has 2 rings (SSSR count). The van der Waals surface area contributed by atoms with Gasteiger partial charge in [-0.3, -0.25) is 4.90 Å². The van der Waals surface area contributed by atoms with Gasteiger partial charge in [0.15, 0.2) is 0 Å². The van der Waals surface area contributed by atoms with Crippen molar-refractivity contribution in [2.45, 2.75) is 38.6 Å². The standard InChI is InChI=1S/C15H22N2S/c1-2-14(11-15(16)18)17-9-7-12-5-3-4-6-13(12)8-10-17/h3-6,14H,2,7-11H2,1H3,(H2,16,18). The average molecular weight is 262 g/mol. The van der Waals surface area contributed by atoms with Crippen LogP contribution in [0.1, 0.15) is 30.9 Å². The predicted molar refractivity (Wildman–Crippen MR) is 80.9 cm³/mol. The van der Waals surface area contributed by atoms with Crippen molar-refractivity contribution in [2.24, 2.45) is 5.73 Å². The minimum Gasteiger partial charge on any atom is -0.393 e. The molecule has 0 aromatic heterocycles. The normalized spacial score (nSPS) is 17.8. The van der Waals surface area contributed by atoms with E-state index >= 15 is 0 Å². The summed E-state index contributed by atoms with van der Waals surface area (Å²) in [6, 6.07) is 9.30. The second-order valence-electron chi connectivity index (χ2n) is 5.04. The molecule has 0 fully saturated rings. The van der Waals surface area contributed by atoms with Crippen LogP contribution < -0.4 is 5.73 Å². The van der Waals surface area contributed by atoms with Gasteiger partial charge in [0.25, 0.3) is 0 Å². The summed E-state index contributed by atoms with van der Waals surface area (Å²) in [6.07, 6.45) is 4.25. The Bertz CT molecular complexity index is 390. The SMILES string of the molecule is CCC(CC(N)=S)N1CCc2ccccc2CC1. The van der Waals surface area contributed by atoms with Crippen molar-refractivity contribution in [3.05, 3.63) is 35.4 Å². The lowest BCUT2D eigenvalue weighted by molar-refractivity contribution is 0.204. The van der Waals surface area contributed by atoms with E-state index in [0.29, 0.717) is 11.0 Å². The first kappa shape index (κ1) is 13.5. The largest absolute Gasteiger partial charge is 0.393 e. The van der Waals surface area contributed by atoms with Gasteiger partial charge in [-0.15, -0.1) is 0 Å². The van der Waals surface area contributed by atoms with E-state index in [1.54, 1.807) is 0 Å². The van der Waals surface area contributed by atoms with Gasteiger partial charge in [-0.1, -0.05) is 43.4 Å². The summed E-state index contributed by atoms with van der Waals surface area (Å²) in [7, 11) is 0. The maximum atomic E-state index is 5.70. The second-order valence-corrected chi connectivity index (χ2v) is 5.56. The fourth-order valence-electron chi connectivity index (χ4n) is 2.81. The zero-order valence-corrected chi connectivity index (χ0v) is 11.9. The molecule has 1 aliphatic heterocycles. The summed E-state index contributed by atoms with van der Waals surface area (Å²) in [6.45, 7) is 4.47. The van der Waals surface area contributed by atoms with Gasteiger partial charge in [-0.2, -0.15) is 0 Å². The molecule has 0 amide bonds. The number of hydrogen-bond acceptors (Lipinski definition) is 2. The summed E-state index contributed by atoms with van der Waals surface area (Å²) in [4.78, 5) is 3.20. The van der Waals surface area contributed by atoms with E-state index in [0.717, 1.165) is 38.8 Å². The Morgan fingerprint density at radius 2 is 1.83 bits per heavy atom. The molecule has 0 saturated heterocycles. The minimum atomic E-state index is 0.511. The number of benzene rings is 1. The zero-order chi connectivity index (χ0) is 13.0. The molecular weight excluding hydrogens is 240 g/mol. The zero-order valence-electron chi connectivity index (χ0n) is 11.1. The van der Waals surface area contributed by atoms with Gasteiger partial charge in [-0.25, -0.2) is 0 Å². The predicted octanol–water partition coefficient (Wildman–Crippen LogP) is 2.54. The average Bonchev–Trinajstić information content (AvgIpc) is 2.58. The summed E-state index contributed by atoms with van der Waals surface area (Å²) < 4.78 is 0. The van der Waals surface area contributed by atoms with Crippen molar-refractivity contribution in [2.75, 3.05) is 13.1 Å². The van der Waals surface area contributed by atoms with E-state index in [9.17, 15) is 0 Å². The highest BCUT2D eigenvalue weighted by Crippen LogP contribution is 2.19. The monoisotopic (exact) mass is 262 g/mol. The molecule has 1 unspecified atom stereocenters. The van der Waals surface area contributed by atoms with Gasteiger partial charge < -0.3 is 5.73 Å². The number of rotatable bonds is 4. The van der Waals surface area contributed by atoms with E-state index in [-0.39, 0.29) is 0 Å². The second kappa shape index (κ2) is 6.30. The molecule has 1 aromatic carbocycles. The van der Waals surface area contributed by atoms with Crippen LogP contribution in [0.5, 0.6) is 0 Å². The van der Waals surface area contributed by atoms with Gasteiger partial charge in [0.1, 0.15) is 0 Å². The van der Waals surface area contributed by atoms with Gasteiger partial charge in [0.2, 0.25) is 0 Å². The van der Waals surface area contributed by atoms with Gasteiger partial charge in [0, 0.05) is 25.6 Å². The Morgan fingerprint density at radius 3 is 2.28 bits per heavy atom. The third kappa shape index (κ3) is 3.30. The molecule has 0 aliphatic carbocycles. The van der Waals surface area contributed by atoms with Crippen molar-refractivity contribution >= 4 is 17.2 Å². The molecule has 0 spiro atoms. The van der Waals surface area contributed by atoms with Crippen molar-refractivity contribution in [1.82, 2.24) is 4.90 Å². The van der Waals surface area contributed by atoms with Crippen LogP contribution in [0, 0.1) is 0 Å². The minimum absolute atomic E-state index is 0.511. The highest BCUT2D eigenvalue weighted by atomic mass is 32.1. The Morgan fingerprint density at radius 1 is 1.28 bits per heavy atom. The summed E-state index contributed by atoms with van der Waals surface area (Å²) in [5.74, 6) is 0. The number of nitrogens with zero attached hydrogens (tertiary/aromatic N) is 1. The van der Waals surface area contributed by atoms with E-state index in [4.69, 9.17) is 18.0 Å². The number of fused-ring (bicyclic) bond motifs is 1. The molecule has 1 atom stereocenters. The fourth-order valence-corrected chi connectivity index (χ4v) is 3.01. The first-order valence-corrected chi connectivity index (χ1v) is 7.20. The maximum Gasteiger partial charge on any atom is 0.0743 e. The molecule has 0 radical (unpaired) electrons. The molecule has 98 valence electrons. The smallest absolute Gasteiger partial charge is 0.0743 e. The Hall–Kier alpha value is -0.930.